The molecule has 7 nitrogen and oxygen atoms in total. The Hall–Kier alpha value is -2.48. The van der Waals surface area contributed by atoms with Crippen molar-refractivity contribution < 1.29 is 14.7 Å². The normalized spacial score (nSPS) is 10.1. The van der Waals surface area contributed by atoms with Crippen molar-refractivity contribution in [2.24, 2.45) is 0 Å². The lowest BCUT2D eigenvalue weighted by molar-refractivity contribution is 0.0691. The number of hydrogen-bond donors (Lipinski definition) is 3. The fourth-order valence-corrected chi connectivity index (χ4v) is 2.12. The number of aryl methyl sites for hydroxylation is 1. The summed E-state index contributed by atoms with van der Waals surface area (Å²) in [5.41, 5.74) is 1.50. The second-order valence-electron chi connectivity index (χ2n) is 3.93. The second-order valence-corrected chi connectivity index (χ2v) is 4.87. The van der Waals surface area contributed by atoms with Crippen LogP contribution in [0, 0.1) is 6.92 Å². The van der Waals surface area contributed by atoms with E-state index in [-0.39, 0.29) is 12.2 Å². The quantitative estimate of drug-likeness (QED) is 0.798. The lowest BCUT2D eigenvalue weighted by Crippen LogP contribution is -2.28. The molecule has 0 radical (unpaired) electrons. The van der Waals surface area contributed by atoms with Crippen molar-refractivity contribution in [1.82, 2.24) is 15.3 Å². The van der Waals surface area contributed by atoms with Crippen molar-refractivity contribution in [3.63, 3.8) is 0 Å². The summed E-state index contributed by atoms with van der Waals surface area (Å²) in [6.07, 6.45) is 3.20. The Morgan fingerprint density at radius 1 is 1.45 bits per heavy atom. The highest BCUT2D eigenvalue weighted by Crippen LogP contribution is 2.12. The first kappa shape index (κ1) is 13.9. The second kappa shape index (κ2) is 6.11. The molecule has 20 heavy (non-hydrogen) atoms. The molecule has 104 valence electrons. The average Bonchev–Trinajstić information content (AvgIpc) is 2.88. The Labute approximate surface area is 118 Å². The third kappa shape index (κ3) is 3.51. The van der Waals surface area contributed by atoms with E-state index in [0.29, 0.717) is 10.7 Å². The van der Waals surface area contributed by atoms with Gasteiger partial charge in [0.25, 0.3) is 0 Å². The van der Waals surface area contributed by atoms with Crippen molar-refractivity contribution in [1.29, 1.82) is 0 Å². The van der Waals surface area contributed by atoms with E-state index in [0.717, 1.165) is 5.56 Å². The monoisotopic (exact) mass is 292 g/mol. The molecule has 0 aliphatic heterocycles. The Kier molecular flexibility index (Phi) is 4.26. The number of amides is 2. The molecule has 0 spiro atoms. The number of carboxylic acids is 1. The molecule has 8 heteroatoms. The number of hydrogen-bond acceptors (Lipinski definition) is 5. The highest BCUT2D eigenvalue weighted by Gasteiger charge is 2.10. The van der Waals surface area contributed by atoms with Gasteiger partial charge in [-0.15, -0.1) is 11.3 Å². The lowest BCUT2D eigenvalue weighted by Gasteiger charge is -2.08. The summed E-state index contributed by atoms with van der Waals surface area (Å²) in [5, 5.41) is 16.0. The van der Waals surface area contributed by atoms with Crippen molar-refractivity contribution >= 4 is 29.0 Å². The van der Waals surface area contributed by atoms with Crippen LogP contribution in [-0.4, -0.2) is 27.1 Å². The molecule has 3 N–H and O–H groups in total. The summed E-state index contributed by atoms with van der Waals surface area (Å²) in [6, 6.07) is 1.39. The zero-order chi connectivity index (χ0) is 14.5. The summed E-state index contributed by atoms with van der Waals surface area (Å²) in [4.78, 5) is 30.1. The van der Waals surface area contributed by atoms with E-state index < -0.39 is 12.0 Å². The first-order valence-electron chi connectivity index (χ1n) is 5.69. The predicted octanol–water partition coefficient (Wildman–Crippen LogP) is 1.87. The van der Waals surface area contributed by atoms with Crippen molar-refractivity contribution in [3.05, 3.63) is 40.1 Å². The maximum absolute atomic E-state index is 11.7. The fourth-order valence-electron chi connectivity index (χ4n) is 1.41. The number of pyridine rings is 1. The average molecular weight is 292 g/mol. The number of nitrogens with zero attached hydrogens (tertiary/aromatic N) is 2. The summed E-state index contributed by atoms with van der Waals surface area (Å²) < 4.78 is 0. The van der Waals surface area contributed by atoms with Crippen molar-refractivity contribution in [2.75, 3.05) is 5.32 Å². The van der Waals surface area contributed by atoms with Crippen LogP contribution in [0.15, 0.2) is 23.8 Å². The topological polar surface area (TPSA) is 104 Å². The summed E-state index contributed by atoms with van der Waals surface area (Å²) in [7, 11) is 0. The Bertz CT molecular complexity index is 641. The molecule has 0 unspecified atom stereocenters. The number of carboxylic acid groups (broad SMARTS) is 1. The molecule has 0 fully saturated rings. The molecule has 0 atom stereocenters. The number of thiazole rings is 1. The molecule has 0 bridgehead atoms. The van der Waals surface area contributed by atoms with Crippen molar-refractivity contribution in [3.8, 4) is 0 Å². The van der Waals surface area contributed by atoms with Crippen LogP contribution >= 0.6 is 11.3 Å². The van der Waals surface area contributed by atoms with Crippen molar-refractivity contribution in [2.45, 2.75) is 13.5 Å². The van der Waals surface area contributed by atoms with Crippen LogP contribution in [0.25, 0.3) is 0 Å². The minimum atomic E-state index is -1.08. The first-order valence-corrected chi connectivity index (χ1v) is 6.57. The highest BCUT2D eigenvalue weighted by molar-refractivity contribution is 7.09. The summed E-state index contributed by atoms with van der Waals surface area (Å²) in [6.45, 7) is 2.03. The predicted molar refractivity (Wildman–Crippen MR) is 73.9 cm³/mol. The molecular formula is C12H12N4O3S. The molecule has 0 aliphatic rings. The van der Waals surface area contributed by atoms with E-state index in [2.05, 4.69) is 20.6 Å². The Balaban J connectivity index is 1.89. The van der Waals surface area contributed by atoms with Crippen LogP contribution in [0.5, 0.6) is 0 Å². The van der Waals surface area contributed by atoms with E-state index in [1.54, 1.807) is 18.5 Å². The maximum Gasteiger partial charge on any atom is 0.355 e. The lowest BCUT2D eigenvalue weighted by atomic mass is 10.2. The number of urea groups is 1. The van der Waals surface area contributed by atoms with E-state index in [1.165, 1.54) is 16.7 Å². The Morgan fingerprint density at radius 3 is 2.90 bits per heavy atom. The smallest absolute Gasteiger partial charge is 0.355 e. The van der Waals surface area contributed by atoms with E-state index in [9.17, 15) is 9.59 Å². The van der Waals surface area contributed by atoms with Gasteiger partial charge in [-0.3, -0.25) is 4.98 Å². The number of anilines is 1. The molecule has 0 saturated carbocycles. The summed E-state index contributed by atoms with van der Waals surface area (Å²) in [5.74, 6) is -1.08. The van der Waals surface area contributed by atoms with Gasteiger partial charge in [-0.1, -0.05) is 0 Å². The van der Waals surface area contributed by atoms with Gasteiger partial charge >= 0.3 is 12.0 Å². The van der Waals surface area contributed by atoms with Gasteiger partial charge in [-0.05, 0) is 18.6 Å². The number of aromatic carboxylic acids is 1. The van der Waals surface area contributed by atoms with Crippen LogP contribution in [0.1, 0.15) is 21.1 Å². The third-order valence-electron chi connectivity index (χ3n) is 2.46. The van der Waals surface area contributed by atoms with Gasteiger partial charge in [-0.25, -0.2) is 14.6 Å². The van der Waals surface area contributed by atoms with Gasteiger partial charge < -0.3 is 15.7 Å². The van der Waals surface area contributed by atoms with Gasteiger partial charge in [0.05, 0.1) is 18.4 Å². The Morgan fingerprint density at radius 2 is 2.25 bits per heavy atom. The molecule has 0 saturated heterocycles. The molecule has 2 aromatic rings. The maximum atomic E-state index is 11.7. The largest absolute Gasteiger partial charge is 0.476 e. The van der Waals surface area contributed by atoms with Gasteiger partial charge in [0.1, 0.15) is 5.01 Å². The minimum Gasteiger partial charge on any atom is -0.476 e. The number of carbonyl (C=O) groups is 2. The molecular weight excluding hydrogens is 280 g/mol. The van der Waals surface area contributed by atoms with Gasteiger partial charge in [-0.2, -0.15) is 0 Å². The molecule has 0 aliphatic carbocycles. The third-order valence-corrected chi connectivity index (χ3v) is 3.31. The molecule has 2 heterocycles. The first-order chi connectivity index (χ1) is 9.56. The van der Waals surface area contributed by atoms with Crippen LogP contribution in [-0.2, 0) is 6.54 Å². The molecule has 0 aromatic carbocycles. The number of carbonyl (C=O) groups excluding carboxylic acids is 1. The van der Waals surface area contributed by atoms with Crippen LogP contribution in [0.3, 0.4) is 0 Å². The van der Waals surface area contributed by atoms with Crippen LogP contribution < -0.4 is 10.6 Å². The van der Waals surface area contributed by atoms with Crippen LogP contribution in [0.4, 0.5) is 10.5 Å². The van der Waals surface area contributed by atoms with Gasteiger partial charge in [0.2, 0.25) is 0 Å². The zero-order valence-corrected chi connectivity index (χ0v) is 11.4. The van der Waals surface area contributed by atoms with E-state index in [4.69, 9.17) is 5.11 Å². The van der Waals surface area contributed by atoms with Crippen LogP contribution in [0.2, 0.25) is 0 Å². The SMILES string of the molecule is Cc1ccncc1NC(=O)NCc1nc(C(=O)O)cs1. The highest BCUT2D eigenvalue weighted by atomic mass is 32.1. The summed E-state index contributed by atoms with van der Waals surface area (Å²) >= 11 is 1.18. The zero-order valence-electron chi connectivity index (χ0n) is 10.6. The molecule has 2 rings (SSSR count). The molecule has 2 aromatic heterocycles. The number of aromatic nitrogens is 2. The minimum absolute atomic E-state index is 0.0182. The number of rotatable bonds is 4. The van der Waals surface area contributed by atoms with Gasteiger partial charge in [0, 0.05) is 11.6 Å². The van der Waals surface area contributed by atoms with Gasteiger partial charge in [0.15, 0.2) is 5.69 Å². The van der Waals surface area contributed by atoms with E-state index in [1.807, 2.05) is 6.92 Å². The number of nitrogens with one attached hydrogen (secondary N) is 2. The standard InChI is InChI=1S/C12H12N4O3S/c1-7-2-3-13-4-8(7)16-12(19)14-5-10-15-9(6-20-10)11(17)18/h2-4,6H,5H2,1H3,(H,17,18)(H2,14,16,19). The molecule has 2 amide bonds. The fraction of sp³-hybridized carbons (Fsp3) is 0.167. The van der Waals surface area contributed by atoms with E-state index >= 15 is 0 Å².